The zero-order valence-corrected chi connectivity index (χ0v) is 18.9. The lowest BCUT2D eigenvalue weighted by molar-refractivity contribution is -0.145. The van der Waals surface area contributed by atoms with Gasteiger partial charge in [-0.25, -0.2) is 9.48 Å². The van der Waals surface area contributed by atoms with Crippen molar-refractivity contribution in [2.24, 2.45) is 7.05 Å². The maximum absolute atomic E-state index is 11.8. The van der Waals surface area contributed by atoms with Crippen molar-refractivity contribution in [3.05, 3.63) is 70.9 Å². The molecule has 0 amide bonds. The zero-order chi connectivity index (χ0) is 22.9. The molecule has 0 atom stereocenters. The van der Waals surface area contributed by atoms with Gasteiger partial charge in [-0.1, -0.05) is 55.8 Å². The smallest absolute Gasteiger partial charge is 0.344 e. The van der Waals surface area contributed by atoms with Crippen LogP contribution in [0.25, 0.3) is 11.1 Å². The molecule has 0 radical (unpaired) electrons. The Morgan fingerprint density at radius 1 is 1.12 bits per heavy atom. The molecule has 0 spiro atoms. The van der Waals surface area contributed by atoms with Crippen molar-refractivity contribution in [3.8, 4) is 23.1 Å². The SMILES string of the molecule is CCCCc1nn(C)c(OCC(=O)OCC)c1Cc1ccc(-c2ccccc2C#N)cc1. The molecule has 0 saturated carbocycles. The fraction of sp³-hybridized carbons (Fsp3) is 0.346. The molecule has 0 bridgehead atoms. The molecule has 32 heavy (non-hydrogen) atoms. The molecule has 1 heterocycles. The summed E-state index contributed by atoms with van der Waals surface area (Å²) in [5, 5.41) is 14.0. The topological polar surface area (TPSA) is 77.1 Å². The lowest BCUT2D eigenvalue weighted by Gasteiger charge is -2.10. The summed E-state index contributed by atoms with van der Waals surface area (Å²) >= 11 is 0. The van der Waals surface area contributed by atoms with E-state index < -0.39 is 5.97 Å². The van der Waals surface area contributed by atoms with E-state index >= 15 is 0 Å². The molecule has 0 aliphatic carbocycles. The van der Waals surface area contributed by atoms with Crippen molar-refractivity contribution >= 4 is 5.97 Å². The van der Waals surface area contributed by atoms with Gasteiger partial charge in [0.2, 0.25) is 5.88 Å². The third-order valence-electron chi connectivity index (χ3n) is 5.26. The Morgan fingerprint density at radius 3 is 2.56 bits per heavy atom. The monoisotopic (exact) mass is 431 g/mol. The first kappa shape index (κ1) is 23.1. The summed E-state index contributed by atoms with van der Waals surface area (Å²) in [7, 11) is 1.83. The Hall–Kier alpha value is -3.59. The third kappa shape index (κ3) is 5.55. The number of rotatable bonds is 10. The van der Waals surface area contributed by atoms with E-state index in [9.17, 15) is 10.1 Å². The van der Waals surface area contributed by atoms with Crippen LogP contribution in [0.1, 0.15) is 49.1 Å². The van der Waals surface area contributed by atoms with E-state index in [1.165, 1.54) is 0 Å². The number of hydrogen-bond acceptors (Lipinski definition) is 5. The van der Waals surface area contributed by atoms with Gasteiger partial charge in [-0.3, -0.25) is 0 Å². The van der Waals surface area contributed by atoms with E-state index in [1.54, 1.807) is 11.6 Å². The summed E-state index contributed by atoms with van der Waals surface area (Å²) in [5.41, 5.74) is 5.67. The van der Waals surface area contributed by atoms with E-state index in [0.29, 0.717) is 24.5 Å². The number of hydrogen-bond donors (Lipinski definition) is 0. The quantitative estimate of drug-likeness (QED) is 0.430. The normalized spacial score (nSPS) is 10.6. The highest BCUT2D eigenvalue weighted by Gasteiger charge is 2.19. The van der Waals surface area contributed by atoms with E-state index in [4.69, 9.17) is 9.47 Å². The number of nitriles is 1. The van der Waals surface area contributed by atoms with Gasteiger partial charge in [0.25, 0.3) is 0 Å². The number of unbranched alkanes of at least 4 members (excludes halogenated alkanes) is 1. The average Bonchev–Trinajstić information content (AvgIpc) is 3.10. The van der Waals surface area contributed by atoms with Crippen LogP contribution in [0.4, 0.5) is 0 Å². The lowest BCUT2D eigenvalue weighted by Crippen LogP contribution is -2.16. The van der Waals surface area contributed by atoms with Gasteiger partial charge in [-0.2, -0.15) is 10.4 Å². The van der Waals surface area contributed by atoms with Crippen molar-refractivity contribution in [1.29, 1.82) is 5.26 Å². The van der Waals surface area contributed by atoms with Crippen molar-refractivity contribution < 1.29 is 14.3 Å². The van der Waals surface area contributed by atoms with Crippen LogP contribution in [0.5, 0.6) is 5.88 Å². The van der Waals surface area contributed by atoms with E-state index in [-0.39, 0.29) is 6.61 Å². The molecule has 3 aromatic rings. The maximum atomic E-state index is 11.8. The molecule has 0 fully saturated rings. The van der Waals surface area contributed by atoms with Crippen LogP contribution in [0.3, 0.4) is 0 Å². The summed E-state index contributed by atoms with van der Waals surface area (Å²) in [6.45, 7) is 4.11. The highest BCUT2D eigenvalue weighted by Crippen LogP contribution is 2.28. The first-order valence-corrected chi connectivity index (χ1v) is 11.0. The highest BCUT2D eigenvalue weighted by atomic mass is 16.6. The van der Waals surface area contributed by atoms with Crippen molar-refractivity contribution in [2.45, 2.75) is 39.5 Å². The van der Waals surface area contributed by atoms with E-state index in [2.05, 4.69) is 30.2 Å². The molecule has 0 N–H and O–H groups in total. The first-order chi connectivity index (χ1) is 15.6. The largest absolute Gasteiger partial charge is 0.466 e. The third-order valence-corrected chi connectivity index (χ3v) is 5.26. The summed E-state index contributed by atoms with van der Waals surface area (Å²) in [4.78, 5) is 11.8. The fourth-order valence-electron chi connectivity index (χ4n) is 3.68. The van der Waals surface area contributed by atoms with Gasteiger partial charge < -0.3 is 9.47 Å². The van der Waals surface area contributed by atoms with Gasteiger partial charge in [0.15, 0.2) is 6.61 Å². The minimum atomic E-state index is -0.393. The van der Waals surface area contributed by atoms with Gasteiger partial charge in [-0.15, -0.1) is 0 Å². The predicted molar refractivity (Wildman–Crippen MR) is 123 cm³/mol. The summed E-state index contributed by atoms with van der Waals surface area (Å²) in [6, 6.07) is 18.0. The highest BCUT2D eigenvalue weighted by molar-refractivity contribution is 5.71. The molecule has 0 aliphatic heterocycles. The number of carbonyl (C=O) groups excluding carboxylic acids is 1. The second-order valence-corrected chi connectivity index (χ2v) is 7.58. The molecule has 2 aromatic carbocycles. The number of ether oxygens (including phenoxy) is 2. The summed E-state index contributed by atoms with van der Waals surface area (Å²) in [5.74, 6) is 0.207. The zero-order valence-electron chi connectivity index (χ0n) is 18.9. The Labute approximate surface area is 189 Å². The number of aromatic nitrogens is 2. The number of benzene rings is 2. The second-order valence-electron chi connectivity index (χ2n) is 7.58. The van der Waals surface area contributed by atoms with E-state index in [0.717, 1.165) is 47.2 Å². The summed E-state index contributed by atoms with van der Waals surface area (Å²) < 4.78 is 12.5. The van der Waals surface area contributed by atoms with Crippen molar-refractivity contribution in [3.63, 3.8) is 0 Å². The van der Waals surface area contributed by atoms with Gasteiger partial charge in [-0.05, 0) is 42.5 Å². The lowest BCUT2D eigenvalue weighted by atomic mass is 9.97. The molecule has 166 valence electrons. The summed E-state index contributed by atoms with van der Waals surface area (Å²) in [6.07, 6.45) is 3.61. The fourth-order valence-corrected chi connectivity index (χ4v) is 3.68. The van der Waals surface area contributed by atoms with Crippen LogP contribution in [0, 0.1) is 11.3 Å². The minimum Gasteiger partial charge on any atom is -0.466 e. The van der Waals surface area contributed by atoms with Crippen molar-refractivity contribution in [2.75, 3.05) is 13.2 Å². The standard InChI is InChI=1S/C26H29N3O3/c1-4-6-11-24-23(26(29(3)28-24)32-18-25(30)31-5-2)16-19-12-14-20(15-13-19)22-10-8-7-9-21(22)17-27/h7-10,12-15H,4-6,11,16,18H2,1-3H3. The van der Waals surface area contributed by atoms with Gasteiger partial charge in [0, 0.05) is 19.0 Å². The van der Waals surface area contributed by atoms with Gasteiger partial charge in [0.05, 0.1) is 23.9 Å². The number of esters is 1. The van der Waals surface area contributed by atoms with Crippen LogP contribution >= 0.6 is 0 Å². The number of aryl methyl sites for hydroxylation is 2. The molecular weight excluding hydrogens is 402 g/mol. The van der Waals surface area contributed by atoms with Crippen LogP contribution in [0.15, 0.2) is 48.5 Å². The van der Waals surface area contributed by atoms with E-state index in [1.807, 2.05) is 43.4 Å². The Bertz CT molecular complexity index is 1090. The maximum Gasteiger partial charge on any atom is 0.344 e. The molecule has 6 heteroatoms. The Morgan fingerprint density at radius 2 is 1.88 bits per heavy atom. The van der Waals surface area contributed by atoms with Crippen LogP contribution in [-0.4, -0.2) is 29.0 Å². The minimum absolute atomic E-state index is 0.141. The molecule has 6 nitrogen and oxygen atoms in total. The van der Waals surface area contributed by atoms with Gasteiger partial charge >= 0.3 is 5.97 Å². The number of carbonyl (C=O) groups is 1. The van der Waals surface area contributed by atoms with Crippen LogP contribution < -0.4 is 4.74 Å². The Balaban J connectivity index is 1.86. The van der Waals surface area contributed by atoms with Crippen molar-refractivity contribution in [1.82, 2.24) is 9.78 Å². The van der Waals surface area contributed by atoms with Gasteiger partial charge in [0.1, 0.15) is 0 Å². The number of nitrogens with zero attached hydrogens (tertiary/aromatic N) is 3. The molecule has 3 rings (SSSR count). The average molecular weight is 432 g/mol. The molecule has 1 aromatic heterocycles. The van der Waals surface area contributed by atoms with Crippen LogP contribution in [-0.2, 0) is 29.4 Å². The molecular formula is C26H29N3O3. The molecule has 0 unspecified atom stereocenters. The second kappa shape index (κ2) is 11.1. The van der Waals surface area contributed by atoms with Crippen LogP contribution in [0.2, 0.25) is 0 Å². The molecule has 0 saturated heterocycles. The molecule has 0 aliphatic rings. The Kier molecular flexibility index (Phi) is 8.04. The first-order valence-electron chi connectivity index (χ1n) is 11.0. The predicted octanol–water partition coefficient (Wildman–Crippen LogP) is 4.83.